The van der Waals surface area contributed by atoms with Crippen molar-refractivity contribution in [1.82, 2.24) is 0 Å². The van der Waals surface area contributed by atoms with Crippen molar-refractivity contribution in [3.05, 3.63) is 23.3 Å². The summed E-state index contributed by atoms with van der Waals surface area (Å²) >= 11 is 0. The topological polar surface area (TPSA) is 0 Å². The second-order valence-corrected chi connectivity index (χ2v) is 4.83. The van der Waals surface area contributed by atoms with Crippen molar-refractivity contribution in [3.63, 3.8) is 0 Å². The van der Waals surface area contributed by atoms with Gasteiger partial charge in [0.05, 0.1) is 0 Å². The zero-order chi connectivity index (χ0) is 8.77. The van der Waals surface area contributed by atoms with Gasteiger partial charge in [-0.2, -0.15) is 0 Å². The molecule has 0 spiro atoms. The average Bonchev–Trinajstić information content (AvgIpc) is 2.54. The van der Waals surface area contributed by atoms with Crippen molar-refractivity contribution in [1.29, 1.82) is 0 Å². The first kappa shape index (κ1) is 8.10. The van der Waals surface area contributed by atoms with Crippen molar-refractivity contribution in [2.45, 2.75) is 40.0 Å². The summed E-state index contributed by atoms with van der Waals surface area (Å²) in [5.41, 5.74) is 3.89. The first-order valence-corrected chi connectivity index (χ1v) is 5.03. The van der Waals surface area contributed by atoms with E-state index < -0.39 is 0 Å². The van der Waals surface area contributed by atoms with Crippen LogP contribution in [0.3, 0.4) is 0 Å². The second-order valence-electron chi connectivity index (χ2n) is 4.83. The lowest BCUT2D eigenvalue weighted by Gasteiger charge is -2.12. The van der Waals surface area contributed by atoms with E-state index in [1.807, 2.05) is 0 Å². The summed E-state index contributed by atoms with van der Waals surface area (Å²) in [5, 5.41) is 0. The maximum Gasteiger partial charge on any atom is 0.0136 e. The molecule has 0 radical (unpaired) electrons. The van der Waals surface area contributed by atoms with Gasteiger partial charge in [-0.25, -0.2) is 0 Å². The van der Waals surface area contributed by atoms with Crippen LogP contribution in [0, 0.1) is 11.3 Å². The minimum atomic E-state index is 0.537. The van der Waals surface area contributed by atoms with Gasteiger partial charge in [0, 0.05) is 5.41 Å². The molecule has 1 fully saturated rings. The third-order valence-corrected chi connectivity index (χ3v) is 3.31. The predicted octanol–water partition coefficient (Wildman–Crippen LogP) is 3.70. The number of allylic oxidation sites excluding steroid dienone is 4. The maximum atomic E-state index is 2.39. The minimum Gasteiger partial charge on any atom is -0.0628 e. The monoisotopic (exact) mass is 162 g/mol. The van der Waals surface area contributed by atoms with Crippen molar-refractivity contribution < 1.29 is 0 Å². The highest BCUT2D eigenvalue weighted by Crippen LogP contribution is 2.61. The Hall–Kier alpha value is -0.520. The molecule has 0 saturated heterocycles. The van der Waals surface area contributed by atoms with Gasteiger partial charge >= 0.3 is 0 Å². The molecule has 0 amide bonds. The molecule has 0 heteroatoms. The lowest BCUT2D eigenvalue weighted by Crippen LogP contribution is -1.99. The molecule has 1 atom stereocenters. The molecular formula is C12H18. The van der Waals surface area contributed by atoms with Gasteiger partial charge in [0.1, 0.15) is 0 Å². The van der Waals surface area contributed by atoms with Crippen LogP contribution >= 0.6 is 0 Å². The Morgan fingerprint density at radius 2 is 2.17 bits per heavy atom. The second kappa shape index (κ2) is 2.48. The number of fused-ring (bicyclic) bond motifs is 1. The van der Waals surface area contributed by atoms with E-state index in [0.29, 0.717) is 5.41 Å². The first-order valence-electron chi connectivity index (χ1n) is 5.03. The molecule has 0 nitrogen and oxygen atoms in total. The third kappa shape index (κ3) is 1.14. The highest BCUT2D eigenvalue weighted by Gasteiger charge is 2.48. The highest BCUT2D eigenvalue weighted by molar-refractivity contribution is 5.52. The van der Waals surface area contributed by atoms with Crippen LogP contribution < -0.4 is 0 Å². The summed E-state index contributed by atoms with van der Waals surface area (Å²) in [7, 11) is 0. The normalized spacial score (nSPS) is 31.7. The molecule has 0 N–H and O–H groups in total. The smallest absolute Gasteiger partial charge is 0.0136 e. The molecule has 0 aromatic carbocycles. The molecule has 2 aliphatic carbocycles. The molecule has 0 aromatic heterocycles. The van der Waals surface area contributed by atoms with Crippen LogP contribution in [0.5, 0.6) is 0 Å². The molecule has 0 aliphatic heterocycles. The summed E-state index contributed by atoms with van der Waals surface area (Å²) in [4.78, 5) is 0. The van der Waals surface area contributed by atoms with Crippen LogP contribution in [0.4, 0.5) is 0 Å². The van der Waals surface area contributed by atoms with Gasteiger partial charge in [-0.1, -0.05) is 44.1 Å². The van der Waals surface area contributed by atoms with E-state index in [1.165, 1.54) is 19.3 Å². The molecule has 1 saturated carbocycles. The van der Waals surface area contributed by atoms with Crippen molar-refractivity contribution in [3.8, 4) is 0 Å². The lowest BCUT2D eigenvalue weighted by molar-refractivity contribution is 0.552. The fraction of sp³-hybridized carbons (Fsp3) is 0.667. The summed E-state index contributed by atoms with van der Waals surface area (Å²) in [5.74, 6) is 0.845. The van der Waals surface area contributed by atoms with Crippen LogP contribution in [0.25, 0.3) is 0 Å². The summed E-state index contributed by atoms with van der Waals surface area (Å²) in [6.07, 6.45) is 8.69. The van der Waals surface area contributed by atoms with E-state index >= 15 is 0 Å². The van der Waals surface area contributed by atoms with Gasteiger partial charge in [0.25, 0.3) is 0 Å². The molecule has 0 aromatic rings. The molecule has 1 unspecified atom stereocenters. The van der Waals surface area contributed by atoms with Crippen LogP contribution in [0.15, 0.2) is 23.3 Å². The first-order chi connectivity index (χ1) is 5.63. The third-order valence-electron chi connectivity index (χ3n) is 3.31. The fourth-order valence-electron chi connectivity index (χ4n) is 2.09. The van der Waals surface area contributed by atoms with Crippen molar-refractivity contribution in [2.24, 2.45) is 11.3 Å². The largest absolute Gasteiger partial charge is 0.0628 e. The van der Waals surface area contributed by atoms with Gasteiger partial charge in [-0.05, 0) is 25.2 Å². The zero-order valence-electron chi connectivity index (χ0n) is 8.35. The summed E-state index contributed by atoms with van der Waals surface area (Å²) in [6, 6.07) is 0. The number of hydrogen-bond acceptors (Lipinski definition) is 0. The number of rotatable bonds is 3. The minimum absolute atomic E-state index is 0.537. The van der Waals surface area contributed by atoms with Gasteiger partial charge in [0.2, 0.25) is 0 Å². The van der Waals surface area contributed by atoms with Crippen LogP contribution in [0.2, 0.25) is 0 Å². The fourth-order valence-corrected chi connectivity index (χ4v) is 2.09. The SMILES string of the molecule is CC(C)CCC1=CC=C2CC12C. The standard InChI is InChI=1S/C12H18/c1-9(2)4-5-10-6-7-11-8-12(10,11)3/h6-7,9H,4-5,8H2,1-3H3. The Morgan fingerprint density at radius 3 is 2.58 bits per heavy atom. The quantitative estimate of drug-likeness (QED) is 0.593. The molecule has 0 heterocycles. The van der Waals surface area contributed by atoms with Crippen LogP contribution in [-0.4, -0.2) is 0 Å². The van der Waals surface area contributed by atoms with E-state index in [0.717, 1.165) is 5.92 Å². The van der Waals surface area contributed by atoms with Crippen molar-refractivity contribution in [2.75, 3.05) is 0 Å². The van der Waals surface area contributed by atoms with E-state index in [-0.39, 0.29) is 0 Å². The van der Waals surface area contributed by atoms with Gasteiger partial charge < -0.3 is 0 Å². The zero-order valence-corrected chi connectivity index (χ0v) is 8.35. The van der Waals surface area contributed by atoms with E-state index in [2.05, 4.69) is 32.9 Å². The van der Waals surface area contributed by atoms with E-state index in [1.54, 1.807) is 11.1 Å². The Labute approximate surface area is 75.4 Å². The average molecular weight is 162 g/mol. The predicted molar refractivity (Wildman–Crippen MR) is 53.0 cm³/mol. The molecule has 66 valence electrons. The van der Waals surface area contributed by atoms with Crippen molar-refractivity contribution >= 4 is 0 Å². The maximum absolute atomic E-state index is 2.39. The molecule has 12 heavy (non-hydrogen) atoms. The Bertz CT molecular complexity index is 255. The molecule has 2 aliphatic rings. The van der Waals surface area contributed by atoms with Gasteiger partial charge in [-0.15, -0.1) is 0 Å². The van der Waals surface area contributed by atoms with Gasteiger partial charge in [-0.3, -0.25) is 0 Å². The Morgan fingerprint density at radius 1 is 1.42 bits per heavy atom. The number of hydrogen-bond donors (Lipinski definition) is 0. The Balaban J connectivity index is 1.91. The van der Waals surface area contributed by atoms with Gasteiger partial charge in [0.15, 0.2) is 0 Å². The molecular weight excluding hydrogens is 144 g/mol. The highest BCUT2D eigenvalue weighted by atomic mass is 14.5. The summed E-state index contributed by atoms with van der Waals surface area (Å²) < 4.78 is 0. The molecule has 2 rings (SSSR count). The Kier molecular flexibility index (Phi) is 1.67. The van der Waals surface area contributed by atoms with Crippen LogP contribution in [-0.2, 0) is 0 Å². The lowest BCUT2D eigenvalue weighted by atomic mass is 9.93. The van der Waals surface area contributed by atoms with E-state index in [4.69, 9.17) is 0 Å². The molecule has 0 bridgehead atoms. The summed E-state index contributed by atoms with van der Waals surface area (Å²) in [6.45, 7) is 7.00. The van der Waals surface area contributed by atoms with E-state index in [9.17, 15) is 0 Å². The van der Waals surface area contributed by atoms with Crippen LogP contribution in [0.1, 0.15) is 40.0 Å².